The lowest BCUT2D eigenvalue weighted by molar-refractivity contribution is -0.139. The predicted octanol–water partition coefficient (Wildman–Crippen LogP) is -1.10. The predicted molar refractivity (Wildman–Crippen MR) is 51.3 cm³/mol. The molecule has 0 aromatic carbocycles. The molecule has 0 atom stereocenters. The van der Waals surface area contributed by atoms with Crippen molar-refractivity contribution in [3.63, 3.8) is 0 Å². The van der Waals surface area contributed by atoms with Gasteiger partial charge in [-0.15, -0.1) is 0 Å². The van der Waals surface area contributed by atoms with Crippen molar-refractivity contribution in [1.82, 2.24) is 10.6 Å². The van der Waals surface area contributed by atoms with Gasteiger partial charge in [-0.2, -0.15) is 0 Å². The number of hydrogen-bond donors (Lipinski definition) is 3. The molecule has 1 rings (SSSR count). The van der Waals surface area contributed by atoms with Crippen molar-refractivity contribution in [2.75, 3.05) is 13.1 Å². The maximum absolute atomic E-state index is 11.3. The van der Waals surface area contributed by atoms with E-state index in [-0.39, 0.29) is 18.6 Å². The molecule has 3 N–H and O–H groups in total. The quantitative estimate of drug-likeness (QED) is 0.540. The van der Waals surface area contributed by atoms with Crippen molar-refractivity contribution in [3.8, 4) is 0 Å². The Morgan fingerprint density at radius 1 is 1.33 bits per heavy atom. The van der Waals surface area contributed by atoms with Crippen molar-refractivity contribution in [2.45, 2.75) is 25.3 Å². The van der Waals surface area contributed by atoms with Gasteiger partial charge in [0.25, 0.3) is 0 Å². The number of rotatable bonds is 5. The average Bonchev–Trinajstić information content (AvgIpc) is 2.07. The van der Waals surface area contributed by atoms with Crippen molar-refractivity contribution in [3.05, 3.63) is 0 Å². The molecule has 1 aliphatic rings. The SMILES string of the molecule is CC(=O)C1(NC(=O)CCC(=O)O)CNC1. The molecule has 0 saturated carbocycles. The molecular weight excluding hydrogens is 200 g/mol. The van der Waals surface area contributed by atoms with Gasteiger partial charge >= 0.3 is 5.97 Å². The monoisotopic (exact) mass is 214 g/mol. The largest absolute Gasteiger partial charge is 0.481 e. The van der Waals surface area contributed by atoms with Gasteiger partial charge in [-0.1, -0.05) is 0 Å². The third kappa shape index (κ3) is 2.76. The molecule has 6 heteroatoms. The number of carboxylic acid groups (broad SMARTS) is 1. The summed E-state index contributed by atoms with van der Waals surface area (Å²) in [5, 5.41) is 13.9. The first-order valence-electron chi connectivity index (χ1n) is 4.71. The Balaban J connectivity index is 2.42. The Labute approximate surface area is 87.0 Å². The fourth-order valence-electron chi connectivity index (χ4n) is 1.35. The van der Waals surface area contributed by atoms with Gasteiger partial charge in [-0.3, -0.25) is 14.4 Å². The summed E-state index contributed by atoms with van der Waals surface area (Å²) in [5.74, 6) is -1.52. The highest BCUT2D eigenvalue weighted by Gasteiger charge is 2.42. The first-order chi connectivity index (χ1) is 6.96. The van der Waals surface area contributed by atoms with Crippen LogP contribution in [0.5, 0.6) is 0 Å². The van der Waals surface area contributed by atoms with Crippen molar-refractivity contribution < 1.29 is 19.5 Å². The van der Waals surface area contributed by atoms with E-state index in [2.05, 4.69) is 10.6 Å². The fourth-order valence-corrected chi connectivity index (χ4v) is 1.35. The third-order valence-electron chi connectivity index (χ3n) is 2.47. The molecule has 0 aliphatic carbocycles. The normalized spacial score (nSPS) is 17.7. The zero-order valence-electron chi connectivity index (χ0n) is 8.50. The van der Waals surface area contributed by atoms with Crippen LogP contribution >= 0.6 is 0 Å². The second kappa shape index (κ2) is 4.39. The maximum Gasteiger partial charge on any atom is 0.303 e. The summed E-state index contributed by atoms with van der Waals surface area (Å²) in [6.07, 6.45) is -0.308. The molecule has 1 heterocycles. The lowest BCUT2D eigenvalue weighted by Crippen LogP contribution is -2.72. The van der Waals surface area contributed by atoms with Gasteiger partial charge in [-0.05, 0) is 6.92 Å². The zero-order chi connectivity index (χ0) is 11.5. The minimum absolute atomic E-state index is 0.0929. The van der Waals surface area contributed by atoms with E-state index in [1.54, 1.807) is 0 Å². The van der Waals surface area contributed by atoms with Gasteiger partial charge < -0.3 is 15.7 Å². The molecule has 0 radical (unpaired) electrons. The summed E-state index contributed by atoms with van der Waals surface area (Å²) in [7, 11) is 0. The summed E-state index contributed by atoms with van der Waals surface area (Å²) in [4.78, 5) is 32.8. The lowest BCUT2D eigenvalue weighted by Gasteiger charge is -2.40. The number of carboxylic acids is 1. The minimum Gasteiger partial charge on any atom is -0.481 e. The lowest BCUT2D eigenvalue weighted by atomic mass is 9.88. The molecule has 0 unspecified atom stereocenters. The van der Waals surface area contributed by atoms with Crippen molar-refractivity contribution >= 4 is 17.7 Å². The molecule has 15 heavy (non-hydrogen) atoms. The maximum atomic E-state index is 11.3. The van der Waals surface area contributed by atoms with Crippen LogP contribution in [0.3, 0.4) is 0 Å². The summed E-state index contributed by atoms with van der Waals surface area (Å²) in [5.41, 5.74) is -0.810. The zero-order valence-corrected chi connectivity index (χ0v) is 8.50. The number of carbonyl (C=O) groups excluding carboxylic acids is 2. The van der Waals surface area contributed by atoms with Crippen LogP contribution in [0, 0.1) is 0 Å². The molecular formula is C9H14N2O4. The fraction of sp³-hybridized carbons (Fsp3) is 0.667. The summed E-state index contributed by atoms with van der Waals surface area (Å²) >= 11 is 0. The van der Waals surface area contributed by atoms with Crippen LogP contribution in [0.4, 0.5) is 0 Å². The number of aliphatic carboxylic acids is 1. The molecule has 0 bridgehead atoms. The first-order valence-corrected chi connectivity index (χ1v) is 4.71. The standard InChI is InChI=1S/C9H14N2O4/c1-6(12)9(4-10-5-9)11-7(13)2-3-8(14)15/h10H,2-5H2,1H3,(H,11,13)(H,14,15). The molecule has 0 aromatic heterocycles. The van der Waals surface area contributed by atoms with Gasteiger partial charge in [0.1, 0.15) is 5.54 Å². The second-order valence-electron chi connectivity index (χ2n) is 3.68. The molecule has 1 fully saturated rings. The van der Waals surface area contributed by atoms with Crippen LogP contribution in [0.15, 0.2) is 0 Å². The van der Waals surface area contributed by atoms with Crippen LogP contribution in [0.2, 0.25) is 0 Å². The topological polar surface area (TPSA) is 95.5 Å². The van der Waals surface area contributed by atoms with E-state index in [1.165, 1.54) is 6.92 Å². The number of ketones is 1. The van der Waals surface area contributed by atoms with Crippen molar-refractivity contribution in [2.24, 2.45) is 0 Å². The van der Waals surface area contributed by atoms with Crippen LogP contribution < -0.4 is 10.6 Å². The van der Waals surface area contributed by atoms with Gasteiger partial charge in [0, 0.05) is 19.5 Å². The molecule has 1 amide bonds. The molecule has 0 spiro atoms. The van der Waals surface area contributed by atoms with E-state index in [0.29, 0.717) is 13.1 Å². The molecule has 6 nitrogen and oxygen atoms in total. The Bertz CT molecular complexity index is 296. The highest BCUT2D eigenvalue weighted by atomic mass is 16.4. The van der Waals surface area contributed by atoms with Gasteiger partial charge in [-0.25, -0.2) is 0 Å². The van der Waals surface area contributed by atoms with Crippen molar-refractivity contribution in [1.29, 1.82) is 0 Å². The summed E-state index contributed by atoms with van der Waals surface area (Å²) < 4.78 is 0. The van der Waals surface area contributed by atoms with Gasteiger partial charge in [0.05, 0.1) is 6.42 Å². The van der Waals surface area contributed by atoms with Crippen LogP contribution in [0.1, 0.15) is 19.8 Å². The number of hydrogen-bond acceptors (Lipinski definition) is 4. The van der Waals surface area contributed by atoms with E-state index in [0.717, 1.165) is 0 Å². The molecule has 1 aliphatic heterocycles. The van der Waals surface area contributed by atoms with Gasteiger partial charge in [0.2, 0.25) is 5.91 Å². The second-order valence-corrected chi connectivity index (χ2v) is 3.68. The Kier molecular flexibility index (Phi) is 3.41. The van der Waals surface area contributed by atoms with Gasteiger partial charge in [0.15, 0.2) is 5.78 Å². The van der Waals surface area contributed by atoms with E-state index >= 15 is 0 Å². The Hall–Kier alpha value is -1.43. The first kappa shape index (κ1) is 11.6. The van der Waals surface area contributed by atoms with Crippen LogP contribution in [-0.2, 0) is 14.4 Å². The summed E-state index contributed by atoms with van der Waals surface area (Å²) in [6.45, 7) is 2.25. The third-order valence-corrected chi connectivity index (χ3v) is 2.47. The number of carbonyl (C=O) groups is 3. The van der Waals surface area contributed by atoms with Crippen LogP contribution in [0.25, 0.3) is 0 Å². The molecule has 84 valence electrons. The molecule has 1 saturated heterocycles. The minimum atomic E-state index is -1.02. The number of Topliss-reactive ketones (excluding diaryl/α,β-unsaturated/α-hetero) is 1. The van der Waals surface area contributed by atoms with E-state index < -0.39 is 17.4 Å². The van der Waals surface area contributed by atoms with Crippen LogP contribution in [-0.4, -0.2) is 41.4 Å². The smallest absolute Gasteiger partial charge is 0.303 e. The van der Waals surface area contributed by atoms with E-state index in [4.69, 9.17) is 5.11 Å². The number of amides is 1. The number of nitrogens with one attached hydrogen (secondary N) is 2. The highest BCUT2D eigenvalue weighted by molar-refractivity contribution is 5.93. The Morgan fingerprint density at radius 3 is 2.27 bits per heavy atom. The van der Waals surface area contributed by atoms with E-state index in [9.17, 15) is 14.4 Å². The Morgan fingerprint density at radius 2 is 1.93 bits per heavy atom. The average molecular weight is 214 g/mol. The summed E-state index contributed by atoms with van der Waals surface area (Å²) in [6, 6.07) is 0. The highest BCUT2D eigenvalue weighted by Crippen LogP contribution is 2.12. The van der Waals surface area contributed by atoms with E-state index in [1.807, 2.05) is 0 Å². The molecule has 0 aromatic rings.